The molecular weight excluding hydrogens is 418 g/mol. The van der Waals surface area contributed by atoms with Crippen molar-refractivity contribution in [2.24, 2.45) is 0 Å². The summed E-state index contributed by atoms with van der Waals surface area (Å²) in [7, 11) is 1.85. The van der Waals surface area contributed by atoms with Crippen molar-refractivity contribution in [3.05, 3.63) is 73.1 Å². The van der Waals surface area contributed by atoms with Gasteiger partial charge in [-0.05, 0) is 67.1 Å². The normalized spacial score (nSPS) is 15.1. The summed E-state index contributed by atoms with van der Waals surface area (Å²) in [6.07, 6.45) is 4.27. The average molecular weight is 446 g/mol. The first-order valence-corrected chi connectivity index (χ1v) is 10.8. The minimum absolute atomic E-state index is 0.0862. The number of nitrogens with one attached hydrogen (secondary N) is 2. The molecule has 1 aliphatic rings. The lowest BCUT2D eigenvalue weighted by atomic mass is 10.2. The molecule has 1 saturated heterocycles. The Morgan fingerprint density at radius 1 is 1.00 bits per heavy atom. The standard InChI is InChI=1S/C25H27N5O3/c1-18(31)29(2)22-13-15-30(17-22)21-9-5-19(6-10-21)27-25(32)28-20-7-11-23(12-8-20)33-24-4-3-14-26-16-24/h3-12,14,16,22H,13,15,17H2,1-2H3,(H2,27,28,32). The second kappa shape index (κ2) is 10.0. The maximum atomic E-state index is 12.4. The highest BCUT2D eigenvalue weighted by Crippen LogP contribution is 2.25. The number of carbonyl (C=O) groups is 2. The van der Waals surface area contributed by atoms with Gasteiger partial charge in [0.25, 0.3) is 0 Å². The Morgan fingerprint density at radius 3 is 2.27 bits per heavy atom. The number of anilines is 3. The molecule has 0 spiro atoms. The summed E-state index contributed by atoms with van der Waals surface area (Å²) >= 11 is 0. The molecule has 1 atom stereocenters. The number of urea groups is 1. The zero-order valence-electron chi connectivity index (χ0n) is 18.7. The van der Waals surface area contributed by atoms with Crippen LogP contribution in [0.1, 0.15) is 13.3 Å². The van der Waals surface area contributed by atoms with E-state index in [2.05, 4.69) is 20.5 Å². The van der Waals surface area contributed by atoms with Crippen LogP contribution in [-0.4, -0.2) is 48.0 Å². The molecule has 3 aromatic rings. The second-order valence-corrected chi connectivity index (χ2v) is 7.96. The molecule has 2 N–H and O–H groups in total. The number of pyridine rings is 1. The molecule has 1 fully saturated rings. The van der Waals surface area contributed by atoms with Crippen LogP contribution in [0.25, 0.3) is 0 Å². The van der Waals surface area contributed by atoms with Crippen molar-refractivity contribution in [2.75, 3.05) is 35.7 Å². The van der Waals surface area contributed by atoms with Crippen LogP contribution in [0.4, 0.5) is 21.9 Å². The number of carbonyl (C=O) groups excluding carboxylic acids is 2. The van der Waals surface area contributed by atoms with Crippen molar-refractivity contribution >= 4 is 29.0 Å². The van der Waals surface area contributed by atoms with Crippen LogP contribution in [0.15, 0.2) is 73.1 Å². The number of benzene rings is 2. The third-order valence-corrected chi connectivity index (χ3v) is 5.68. The monoisotopic (exact) mass is 445 g/mol. The van der Waals surface area contributed by atoms with Gasteiger partial charge in [-0.3, -0.25) is 9.78 Å². The van der Waals surface area contributed by atoms with E-state index in [1.807, 2.05) is 37.4 Å². The number of nitrogens with zero attached hydrogens (tertiary/aromatic N) is 3. The number of likely N-dealkylation sites (N-methyl/N-ethyl adjacent to an activating group) is 1. The van der Waals surface area contributed by atoms with E-state index in [1.54, 1.807) is 54.5 Å². The molecule has 0 radical (unpaired) electrons. The number of hydrogen-bond acceptors (Lipinski definition) is 5. The van der Waals surface area contributed by atoms with Crippen molar-refractivity contribution in [3.8, 4) is 11.5 Å². The Kier molecular flexibility index (Phi) is 6.73. The highest BCUT2D eigenvalue weighted by molar-refractivity contribution is 5.99. The molecule has 170 valence electrons. The van der Waals surface area contributed by atoms with Crippen molar-refractivity contribution in [1.82, 2.24) is 9.88 Å². The maximum absolute atomic E-state index is 12.4. The Bertz CT molecular complexity index is 1090. The summed E-state index contributed by atoms with van der Waals surface area (Å²) in [5.74, 6) is 1.39. The third-order valence-electron chi connectivity index (χ3n) is 5.68. The Morgan fingerprint density at radius 2 is 1.67 bits per heavy atom. The molecule has 0 bridgehead atoms. The molecule has 4 rings (SSSR count). The van der Waals surface area contributed by atoms with Crippen molar-refractivity contribution in [1.29, 1.82) is 0 Å². The lowest BCUT2D eigenvalue weighted by Gasteiger charge is -2.24. The summed E-state index contributed by atoms with van der Waals surface area (Å²) in [6.45, 7) is 3.30. The molecule has 2 aromatic carbocycles. The lowest BCUT2D eigenvalue weighted by Crippen LogP contribution is -2.37. The molecule has 0 aliphatic carbocycles. The van der Waals surface area contributed by atoms with E-state index in [-0.39, 0.29) is 18.0 Å². The molecule has 8 nitrogen and oxygen atoms in total. The van der Waals surface area contributed by atoms with Crippen molar-refractivity contribution in [3.63, 3.8) is 0 Å². The van der Waals surface area contributed by atoms with E-state index in [9.17, 15) is 9.59 Å². The second-order valence-electron chi connectivity index (χ2n) is 7.96. The Balaban J connectivity index is 1.28. The maximum Gasteiger partial charge on any atom is 0.323 e. The third kappa shape index (κ3) is 5.79. The van der Waals surface area contributed by atoms with Gasteiger partial charge in [-0.15, -0.1) is 0 Å². The molecular formula is C25H27N5O3. The first-order chi connectivity index (χ1) is 16.0. The first-order valence-electron chi connectivity index (χ1n) is 10.8. The van der Waals surface area contributed by atoms with E-state index in [0.29, 0.717) is 22.9 Å². The summed E-state index contributed by atoms with van der Waals surface area (Å²) in [4.78, 5) is 32.0. The minimum atomic E-state index is -0.326. The van der Waals surface area contributed by atoms with E-state index in [1.165, 1.54) is 0 Å². The van der Waals surface area contributed by atoms with E-state index >= 15 is 0 Å². The van der Waals surface area contributed by atoms with Gasteiger partial charge in [0.05, 0.1) is 12.2 Å². The number of aromatic nitrogens is 1. The van der Waals surface area contributed by atoms with Crippen molar-refractivity contribution in [2.45, 2.75) is 19.4 Å². The van der Waals surface area contributed by atoms with Gasteiger partial charge in [0.2, 0.25) is 5.91 Å². The Hall–Kier alpha value is -4.07. The predicted molar refractivity (Wildman–Crippen MR) is 129 cm³/mol. The van der Waals surface area contributed by atoms with Gasteiger partial charge in [-0.2, -0.15) is 0 Å². The fourth-order valence-electron chi connectivity index (χ4n) is 3.75. The molecule has 1 aromatic heterocycles. The van der Waals surface area contributed by atoms with Crippen LogP contribution in [0.5, 0.6) is 11.5 Å². The summed E-state index contributed by atoms with van der Waals surface area (Å²) in [5.41, 5.74) is 2.43. The van der Waals surface area contributed by atoms with Crippen LogP contribution in [0, 0.1) is 0 Å². The fraction of sp³-hybridized carbons (Fsp3) is 0.240. The molecule has 33 heavy (non-hydrogen) atoms. The van der Waals surface area contributed by atoms with Crippen LogP contribution in [0.2, 0.25) is 0 Å². The zero-order chi connectivity index (χ0) is 23.2. The van der Waals surface area contributed by atoms with Crippen LogP contribution < -0.4 is 20.3 Å². The molecule has 1 aliphatic heterocycles. The Labute approximate surface area is 193 Å². The topological polar surface area (TPSA) is 86.8 Å². The van der Waals surface area contributed by atoms with Gasteiger partial charge < -0.3 is 25.2 Å². The largest absolute Gasteiger partial charge is 0.456 e. The lowest BCUT2D eigenvalue weighted by molar-refractivity contribution is -0.129. The molecule has 0 saturated carbocycles. The SMILES string of the molecule is CC(=O)N(C)C1CCN(c2ccc(NC(=O)Nc3ccc(Oc4cccnc4)cc3)cc2)C1. The highest BCUT2D eigenvalue weighted by Gasteiger charge is 2.27. The molecule has 8 heteroatoms. The van der Waals surface area contributed by atoms with Crippen LogP contribution >= 0.6 is 0 Å². The van der Waals surface area contributed by atoms with Gasteiger partial charge in [0.15, 0.2) is 0 Å². The van der Waals surface area contributed by atoms with Crippen LogP contribution in [0.3, 0.4) is 0 Å². The van der Waals surface area contributed by atoms with Gasteiger partial charge in [-0.1, -0.05) is 0 Å². The van der Waals surface area contributed by atoms with E-state index in [4.69, 9.17) is 4.74 Å². The number of amides is 3. The van der Waals surface area contributed by atoms with Crippen LogP contribution in [-0.2, 0) is 4.79 Å². The van der Waals surface area contributed by atoms with Crippen molar-refractivity contribution < 1.29 is 14.3 Å². The fourth-order valence-corrected chi connectivity index (χ4v) is 3.75. The quantitative estimate of drug-likeness (QED) is 0.580. The molecule has 2 heterocycles. The van der Waals surface area contributed by atoms with Gasteiger partial charge >= 0.3 is 6.03 Å². The summed E-state index contributed by atoms with van der Waals surface area (Å²) < 4.78 is 5.70. The zero-order valence-corrected chi connectivity index (χ0v) is 18.7. The number of rotatable bonds is 6. The minimum Gasteiger partial charge on any atom is -0.456 e. The van der Waals surface area contributed by atoms with E-state index < -0.39 is 0 Å². The van der Waals surface area contributed by atoms with Gasteiger partial charge in [0, 0.05) is 50.3 Å². The number of ether oxygens (including phenoxy) is 1. The molecule has 1 unspecified atom stereocenters. The summed E-state index contributed by atoms with van der Waals surface area (Å²) in [6, 6.07) is 18.4. The van der Waals surface area contributed by atoms with Gasteiger partial charge in [-0.25, -0.2) is 4.79 Å². The average Bonchev–Trinajstić information content (AvgIpc) is 3.31. The van der Waals surface area contributed by atoms with Gasteiger partial charge in [0.1, 0.15) is 11.5 Å². The predicted octanol–water partition coefficient (Wildman–Crippen LogP) is 4.57. The first kappa shape index (κ1) is 22.1. The smallest absolute Gasteiger partial charge is 0.323 e. The highest BCUT2D eigenvalue weighted by atomic mass is 16.5. The molecule has 3 amide bonds. The van der Waals surface area contributed by atoms with E-state index in [0.717, 1.165) is 25.2 Å². The summed E-state index contributed by atoms with van der Waals surface area (Å²) in [5, 5.41) is 5.66. The number of hydrogen-bond donors (Lipinski definition) is 2.